The monoisotopic (exact) mass is 799 g/mol. The molecule has 0 amide bonds. The van der Waals surface area contributed by atoms with Crippen molar-refractivity contribution in [1.82, 2.24) is 14.4 Å². The van der Waals surface area contributed by atoms with Crippen LogP contribution in [0.15, 0.2) is 128 Å². The summed E-state index contributed by atoms with van der Waals surface area (Å²) in [5.41, 5.74) is 21.1. The first kappa shape index (κ1) is 33.8. The summed E-state index contributed by atoms with van der Waals surface area (Å²) in [7, 11) is 0. The topological polar surface area (TPSA) is 30.2 Å². The van der Waals surface area contributed by atoms with E-state index >= 15 is 0 Å². The van der Waals surface area contributed by atoms with Gasteiger partial charge in [0.2, 0.25) is 0 Å². The summed E-state index contributed by atoms with van der Waals surface area (Å²) in [6, 6.07) is 43.5. The summed E-state index contributed by atoms with van der Waals surface area (Å²) in [6.07, 6.45) is 18.2. The molecule has 7 atom stereocenters. The zero-order valence-electron chi connectivity index (χ0n) is 35.2. The first-order chi connectivity index (χ1) is 30.7. The van der Waals surface area contributed by atoms with Crippen molar-refractivity contribution in [2.24, 2.45) is 29.1 Å². The zero-order valence-corrected chi connectivity index (χ0v) is 35.2. The summed E-state index contributed by atoms with van der Waals surface area (Å²) in [5, 5.41) is 5.89. The fraction of sp³-hybridized carbons (Fsp3) is 0.322. The van der Waals surface area contributed by atoms with Crippen LogP contribution in [0.2, 0.25) is 0 Å². The molecule has 4 aromatic heterocycles. The fourth-order valence-corrected chi connectivity index (χ4v) is 16.7. The first-order valence-electron chi connectivity index (χ1n) is 24.1. The molecule has 300 valence electrons. The lowest BCUT2D eigenvalue weighted by Gasteiger charge is -2.48. The second-order valence-corrected chi connectivity index (χ2v) is 21.3. The van der Waals surface area contributed by atoms with Crippen LogP contribution in [0.1, 0.15) is 110 Å². The van der Waals surface area contributed by atoms with E-state index < -0.39 is 0 Å². The van der Waals surface area contributed by atoms with Gasteiger partial charge in [-0.05, 0) is 167 Å². The van der Waals surface area contributed by atoms with Crippen molar-refractivity contribution in [2.45, 2.75) is 87.9 Å². The number of nitrogens with zero attached hydrogens (tertiary/aromatic N) is 3. The summed E-state index contributed by atoms with van der Waals surface area (Å²) in [4.78, 5) is 11.3. The number of aromatic nitrogens is 3. The highest BCUT2D eigenvalue weighted by Gasteiger charge is 2.66. The van der Waals surface area contributed by atoms with E-state index in [2.05, 4.69) is 132 Å². The van der Waals surface area contributed by atoms with Crippen LogP contribution in [0.4, 0.5) is 0 Å². The fourth-order valence-electron chi connectivity index (χ4n) is 16.7. The second kappa shape index (κ2) is 11.8. The number of benzene rings is 5. The van der Waals surface area contributed by atoms with E-state index in [-0.39, 0.29) is 0 Å². The molecule has 0 radical (unpaired) electrons. The number of hydrogen-bond donors (Lipinski definition) is 0. The lowest BCUT2D eigenvalue weighted by Crippen LogP contribution is -2.41. The Kier molecular flexibility index (Phi) is 6.43. The summed E-state index contributed by atoms with van der Waals surface area (Å²) < 4.78 is 2.71. The van der Waals surface area contributed by atoms with Crippen LogP contribution in [0.5, 0.6) is 0 Å². The van der Waals surface area contributed by atoms with Gasteiger partial charge >= 0.3 is 0 Å². The van der Waals surface area contributed by atoms with Crippen molar-refractivity contribution in [3.05, 3.63) is 150 Å². The van der Waals surface area contributed by atoms with E-state index in [0.717, 1.165) is 23.7 Å². The van der Waals surface area contributed by atoms with Crippen LogP contribution in [-0.2, 0) is 0 Å². The maximum atomic E-state index is 5.69. The number of pyridine rings is 2. The molecule has 1 spiro atoms. The quantitative estimate of drug-likeness (QED) is 0.177. The molecule has 62 heavy (non-hydrogen) atoms. The lowest BCUT2D eigenvalue weighted by atomic mass is 9.56. The van der Waals surface area contributed by atoms with Gasteiger partial charge in [0.05, 0.1) is 28.9 Å². The molecule has 3 heteroatoms. The molecule has 4 heterocycles. The molecular weight excluding hydrogens is 751 g/mol. The van der Waals surface area contributed by atoms with Gasteiger partial charge in [-0.1, -0.05) is 109 Å². The molecule has 7 bridgehead atoms. The largest absolute Gasteiger partial charge is 0.305 e. The summed E-state index contributed by atoms with van der Waals surface area (Å²) in [5.74, 6) is 5.77. The van der Waals surface area contributed by atoms with E-state index in [1.807, 2.05) is 0 Å². The van der Waals surface area contributed by atoms with Crippen molar-refractivity contribution < 1.29 is 0 Å². The Hall–Kier alpha value is -5.80. The van der Waals surface area contributed by atoms with Crippen LogP contribution in [-0.4, -0.2) is 14.4 Å². The summed E-state index contributed by atoms with van der Waals surface area (Å²) >= 11 is 0. The Morgan fingerprint density at radius 2 is 0.903 bits per heavy atom. The van der Waals surface area contributed by atoms with E-state index in [4.69, 9.17) is 9.97 Å². The third-order valence-electron chi connectivity index (χ3n) is 18.7. The number of rotatable bonds is 4. The molecule has 3 nitrogen and oxygen atoms in total. The average Bonchev–Trinajstić information content (AvgIpc) is 3.97. The van der Waals surface area contributed by atoms with Crippen LogP contribution in [0.25, 0.3) is 82.6 Å². The predicted molar refractivity (Wildman–Crippen MR) is 252 cm³/mol. The van der Waals surface area contributed by atoms with Gasteiger partial charge in [-0.25, -0.2) is 0 Å². The Balaban J connectivity index is 1.12. The van der Waals surface area contributed by atoms with Crippen LogP contribution in [0, 0.1) is 29.1 Å². The van der Waals surface area contributed by atoms with E-state index in [9.17, 15) is 0 Å². The summed E-state index contributed by atoms with van der Waals surface area (Å²) in [6.45, 7) is 0. The molecule has 5 saturated carbocycles. The highest BCUT2D eigenvalue weighted by Crippen LogP contribution is 2.76. The molecule has 9 aromatic rings. The second-order valence-electron chi connectivity index (χ2n) is 21.3. The normalized spacial score (nSPS) is 29.7. The first-order valence-corrected chi connectivity index (χ1v) is 24.1. The Labute approximate surface area is 362 Å². The minimum atomic E-state index is 0.562. The predicted octanol–water partition coefficient (Wildman–Crippen LogP) is 15.1. The maximum absolute atomic E-state index is 5.69. The standard InChI is InChI=1S/C59H49N3/c1-3-11-34(12-4-1)42-15-7-9-17-44(42)46-27-47(45-18-10-8-16-43(45)35-13-5-2-6-14-35)53-55-49(31-61-57-39-25-41-26-40-24-38(51(55)57)28-59(40,41)29-39)62-48-30-60-56-37-22-32-19-33(23-37)21-36(20-32)50(56)54(48)52(46)58(53)62/h1-18,27,30-33,36-41H,19-26,28-29H2. The van der Waals surface area contributed by atoms with Crippen molar-refractivity contribution in [2.75, 3.05) is 0 Å². The van der Waals surface area contributed by atoms with Crippen molar-refractivity contribution in [1.29, 1.82) is 0 Å². The molecule has 8 aliphatic carbocycles. The van der Waals surface area contributed by atoms with Gasteiger partial charge in [-0.15, -0.1) is 0 Å². The van der Waals surface area contributed by atoms with E-state index in [1.165, 1.54) is 158 Å². The van der Waals surface area contributed by atoms with E-state index in [0.29, 0.717) is 29.1 Å². The van der Waals surface area contributed by atoms with Gasteiger partial charge in [0.15, 0.2) is 0 Å². The zero-order chi connectivity index (χ0) is 40.0. The molecule has 8 aliphatic rings. The van der Waals surface area contributed by atoms with E-state index in [1.54, 1.807) is 11.1 Å². The van der Waals surface area contributed by atoms with Crippen LogP contribution >= 0.6 is 0 Å². The SMILES string of the molecule is c1ccc(-c2ccccc2-c2cc(-c3ccccc3-c3ccccc3)c3c4c5c(ncc4n4c6cnc7c(c6c2c34)C2CC3CC(CC7C3)C2)C2CC3CC4CC5CC34C2)cc1. The molecule has 0 N–H and O–H groups in total. The van der Waals surface area contributed by atoms with Gasteiger partial charge < -0.3 is 4.40 Å². The van der Waals surface area contributed by atoms with Crippen molar-refractivity contribution >= 4 is 38.1 Å². The van der Waals surface area contributed by atoms with Gasteiger partial charge in [0.1, 0.15) is 0 Å². The molecule has 5 aromatic carbocycles. The Bertz CT molecular complexity index is 3370. The molecule has 7 unspecified atom stereocenters. The van der Waals surface area contributed by atoms with Crippen LogP contribution in [0.3, 0.4) is 0 Å². The van der Waals surface area contributed by atoms with Crippen molar-refractivity contribution in [3.8, 4) is 44.5 Å². The molecule has 0 aliphatic heterocycles. The average molecular weight is 800 g/mol. The minimum Gasteiger partial charge on any atom is -0.305 e. The van der Waals surface area contributed by atoms with Gasteiger partial charge in [-0.2, -0.15) is 0 Å². The lowest BCUT2D eigenvalue weighted by molar-refractivity contribution is 0.00321. The van der Waals surface area contributed by atoms with Crippen LogP contribution < -0.4 is 0 Å². The highest BCUT2D eigenvalue weighted by atomic mass is 15.0. The Morgan fingerprint density at radius 1 is 0.419 bits per heavy atom. The third kappa shape index (κ3) is 4.15. The molecule has 0 saturated heterocycles. The van der Waals surface area contributed by atoms with Crippen molar-refractivity contribution in [3.63, 3.8) is 0 Å². The highest BCUT2D eigenvalue weighted by molar-refractivity contribution is 6.32. The molecule has 5 fully saturated rings. The minimum absolute atomic E-state index is 0.562. The Morgan fingerprint density at radius 3 is 1.50 bits per heavy atom. The van der Waals surface area contributed by atoms with Gasteiger partial charge in [0, 0.05) is 44.8 Å². The van der Waals surface area contributed by atoms with Gasteiger partial charge in [0.25, 0.3) is 0 Å². The number of hydrogen-bond acceptors (Lipinski definition) is 2. The third-order valence-corrected chi connectivity index (χ3v) is 18.7. The maximum Gasteiger partial charge on any atom is 0.0728 e. The molecular formula is C59H49N3. The molecule has 17 rings (SSSR count). The number of fused-ring (bicyclic) bond motifs is 12. The van der Waals surface area contributed by atoms with Gasteiger partial charge in [-0.3, -0.25) is 9.97 Å². The smallest absolute Gasteiger partial charge is 0.0728 e.